The molecule has 2 N–H and O–H groups in total. The Kier molecular flexibility index (Phi) is 5.43. The molecule has 2 aromatic carbocycles. The van der Waals surface area contributed by atoms with Gasteiger partial charge in [-0.25, -0.2) is 14.5 Å². The fourth-order valence-corrected chi connectivity index (χ4v) is 3.37. The molecule has 0 saturated carbocycles. The third-order valence-corrected chi connectivity index (χ3v) is 5.04. The summed E-state index contributed by atoms with van der Waals surface area (Å²) < 4.78 is 5.68. The van der Waals surface area contributed by atoms with Gasteiger partial charge in [-0.1, -0.05) is 37.3 Å². The molecule has 1 aromatic heterocycles. The third kappa shape index (κ3) is 3.81. The van der Waals surface area contributed by atoms with Gasteiger partial charge >= 0.3 is 12.0 Å². The minimum Gasteiger partial charge on any atom is -0.478 e. The third-order valence-electron chi connectivity index (χ3n) is 5.04. The number of carboxylic acid groups (broad SMARTS) is 1. The molecule has 1 saturated heterocycles. The lowest BCUT2D eigenvalue weighted by atomic mass is 10.1. The monoisotopic (exact) mass is 430 g/mol. The quantitative estimate of drug-likeness (QED) is 0.469. The van der Waals surface area contributed by atoms with Crippen molar-refractivity contribution in [3.05, 3.63) is 83.1 Å². The van der Waals surface area contributed by atoms with Crippen LogP contribution in [0.3, 0.4) is 0 Å². The van der Waals surface area contributed by atoms with Crippen molar-refractivity contribution in [2.24, 2.45) is 0 Å². The van der Waals surface area contributed by atoms with Gasteiger partial charge in [0.25, 0.3) is 11.8 Å². The van der Waals surface area contributed by atoms with Gasteiger partial charge in [-0.2, -0.15) is 0 Å². The highest BCUT2D eigenvalue weighted by molar-refractivity contribution is 6.39. The number of aromatic carboxylic acids is 1. The van der Waals surface area contributed by atoms with E-state index in [1.165, 1.54) is 18.2 Å². The van der Waals surface area contributed by atoms with Crippen molar-refractivity contribution in [2.75, 3.05) is 4.90 Å². The van der Waals surface area contributed by atoms with Crippen LogP contribution in [-0.4, -0.2) is 28.9 Å². The van der Waals surface area contributed by atoms with Crippen LogP contribution < -0.4 is 10.2 Å². The number of nitrogens with one attached hydrogen (secondary N) is 1. The molecular weight excluding hydrogens is 412 g/mol. The molecule has 8 heteroatoms. The SMILES string of the molecule is CCc1ccc(N2C(=O)NC(=O)/C(=C/c3ccc(-c4ccccc4C(=O)O)o3)C2=O)cc1. The molecule has 160 valence electrons. The number of anilines is 1. The smallest absolute Gasteiger partial charge is 0.336 e. The molecule has 8 nitrogen and oxygen atoms in total. The maximum absolute atomic E-state index is 13.0. The van der Waals surface area contributed by atoms with Crippen molar-refractivity contribution in [3.63, 3.8) is 0 Å². The lowest BCUT2D eigenvalue weighted by Gasteiger charge is -2.26. The standard InChI is InChI=1S/C24H18N2O6/c1-2-14-7-9-15(10-8-14)26-22(28)19(21(27)25-24(26)31)13-16-11-12-20(32-16)17-5-3-4-6-18(17)23(29)30/h3-13H,2H2,1H3,(H,29,30)(H,25,27,31)/b19-13-. The second-order valence-corrected chi connectivity index (χ2v) is 7.03. The first kappa shape index (κ1) is 20.8. The van der Waals surface area contributed by atoms with Crippen molar-refractivity contribution < 1.29 is 28.7 Å². The number of hydrogen-bond donors (Lipinski definition) is 2. The summed E-state index contributed by atoms with van der Waals surface area (Å²) in [6.07, 6.45) is 2.03. The number of amides is 4. The minimum absolute atomic E-state index is 0.0554. The van der Waals surface area contributed by atoms with Gasteiger partial charge in [-0.05, 0) is 48.4 Å². The summed E-state index contributed by atoms with van der Waals surface area (Å²) in [5, 5.41) is 11.5. The lowest BCUT2D eigenvalue weighted by Crippen LogP contribution is -2.54. The second kappa shape index (κ2) is 8.35. The van der Waals surface area contributed by atoms with Crippen molar-refractivity contribution in [1.82, 2.24) is 5.32 Å². The first-order valence-electron chi connectivity index (χ1n) is 9.82. The molecule has 3 aromatic rings. The van der Waals surface area contributed by atoms with Crippen LogP contribution in [0.4, 0.5) is 10.5 Å². The van der Waals surface area contributed by atoms with Crippen LogP contribution in [0.5, 0.6) is 0 Å². The highest BCUT2D eigenvalue weighted by Gasteiger charge is 2.37. The number of aryl methyl sites for hydroxylation is 1. The van der Waals surface area contributed by atoms with Crippen LogP contribution in [0.15, 0.2) is 70.7 Å². The first-order valence-corrected chi connectivity index (χ1v) is 9.82. The number of carbonyl (C=O) groups is 4. The average molecular weight is 430 g/mol. The van der Waals surface area contributed by atoms with Gasteiger partial charge in [0.2, 0.25) is 0 Å². The summed E-state index contributed by atoms with van der Waals surface area (Å²) in [6.45, 7) is 1.99. The Morgan fingerprint density at radius 1 is 1.03 bits per heavy atom. The Bertz CT molecular complexity index is 1270. The second-order valence-electron chi connectivity index (χ2n) is 7.03. The fourth-order valence-electron chi connectivity index (χ4n) is 3.37. The van der Waals surface area contributed by atoms with E-state index in [2.05, 4.69) is 5.32 Å². The van der Waals surface area contributed by atoms with E-state index < -0.39 is 23.8 Å². The first-order chi connectivity index (χ1) is 15.4. The number of furan rings is 1. The van der Waals surface area contributed by atoms with Gasteiger partial charge in [-0.15, -0.1) is 0 Å². The molecule has 1 aliphatic heterocycles. The summed E-state index contributed by atoms with van der Waals surface area (Å²) in [5.41, 5.74) is 1.50. The number of carbonyl (C=O) groups excluding carboxylic acids is 3. The van der Waals surface area contributed by atoms with Gasteiger partial charge in [0, 0.05) is 5.56 Å². The Morgan fingerprint density at radius 3 is 2.44 bits per heavy atom. The van der Waals surface area contributed by atoms with Gasteiger partial charge < -0.3 is 9.52 Å². The van der Waals surface area contributed by atoms with Crippen LogP contribution in [-0.2, 0) is 16.0 Å². The minimum atomic E-state index is -1.11. The zero-order chi connectivity index (χ0) is 22.8. The molecular formula is C24H18N2O6. The van der Waals surface area contributed by atoms with Crippen molar-refractivity contribution in [2.45, 2.75) is 13.3 Å². The van der Waals surface area contributed by atoms with Gasteiger partial charge in [0.05, 0.1) is 11.3 Å². The number of rotatable bonds is 5. The van der Waals surface area contributed by atoms with E-state index >= 15 is 0 Å². The van der Waals surface area contributed by atoms with E-state index in [9.17, 15) is 24.3 Å². The number of barbiturate groups is 1. The van der Waals surface area contributed by atoms with E-state index in [0.29, 0.717) is 11.3 Å². The Morgan fingerprint density at radius 2 is 1.75 bits per heavy atom. The van der Waals surface area contributed by atoms with E-state index in [-0.39, 0.29) is 22.7 Å². The van der Waals surface area contributed by atoms with Gasteiger partial charge in [-0.3, -0.25) is 14.9 Å². The fraction of sp³-hybridized carbons (Fsp3) is 0.0833. The van der Waals surface area contributed by atoms with Crippen LogP contribution in [0.1, 0.15) is 28.6 Å². The number of carboxylic acids is 1. The zero-order valence-electron chi connectivity index (χ0n) is 17.0. The van der Waals surface area contributed by atoms with Crippen LogP contribution >= 0.6 is 0 Å². The summed E-state index contributed by atoms with van der Waals surface area (Å²) >= 11 is 0. The summed E-state index contributed by atoms with van der Waals surface area (Å²) in [4.78, 5) is 50.0. The largest absolute Gasteiger partial charge is 0.478 e. The van der Waals surface area contributed by atoms with Crippen molar-refractivity contribution in [1.29, 1.82) is 0 Å². The molecule has 1 fully saturated rings. The molecule has 4 rings (SSSR count). The number of imide groups is 2. The van der Waals surface area contributed by atoms with Crippen LogP contribution in [0.2, 0.25) is 0 Å². The molecule has 4 amide bonds. The molecule has 0 bridgehead atoms. The Hall–Kier alpha value is -4.46. The molecule has 1 aliphatic rings. The summed E-state index contributed by atoms with van der Waals surface area (Å²) in [6, 6.07) is 15.4. The molecule has 0 unspecified atom stereocenters. The topological polar surface area (TPSA) is 117 Å². The highest BCUT2D eigenvalue weighted by Crippen LogP contribution is 2.28. The predicted octanol–water partition coefficient (Wildman–Crippen LogP) is 3.87. The van der Waals surface area contributed by atoms with Crippen LogP contribution in [0.25, 0.3) is 17.4 Å². The number of benzene rings is 2. The van der Waals surface area contributed by atoms with Crippen molar-refractivity contribution in [3.8, 4) is 11.3 Å². The normalized spacial score (nSPS) is 15.2. The lowest BCUT2D eigenvalue weighted by molar-refractivity contribution is -0.122. The van der Waals surface area contributed by atoms with Crippen LogP contribution in [0, 0.1) is 0 Å². The zero-order valence-corrected chi connectivity index (χ0v) is 17.0. The molecule has 0 atom stereocenters. The molecule has 0 aliphatic carbocycles. The maximum Gasteiger partial charge on any atom is 0.336 e. The predicted molar refractivity (Wildman–Crippen MR) is 116 cm³/mol. The van der Waals surface area contributed by atoms with E-state index in [4.69, 9.17) is 4.42 Å². The number of nitrogens with zero attached hydrogens (tertiary/aromatic N) is 1. The molecule has 32 heavy (non-hydrogen) atoms. The summed E-state index contributed by atoms with van der Waals surface area (Å²) in [5.74, 6) is -2.31. The molecule has 0 spiro atoms. The number of urea groups is 1. The highest BCUT2D eigenvalue weighted by atomic mass is 16.4. The van der Waals surface area contributed by atoms with E-state index in [0.717, 1.165) is 16.9 Å². The van der Waals surface area contributed by atoms with Crippen molar-refractivity contribution >= 4 is 35.6 Å². The van der Waals surface area contributed by atoms with E-state index in [1.807, 2.05) is 6.92 Å². The molecule has 0 radical (unpaired) electrons. The van der Waals surface area contributed by atoms with E-state index in [1.54, 1.807) is 48.5 Å². The maximum atomic E-state index is 13.0. The summed E-state index contributed by atoms with van der Waals surface area (Å²) in [7, 11) is 0. The number of hydrogen-bond acceptors (Lipinski definition) is 5. The Balaban J connectivity index is 1.68. The van der Waals surface area contributed by atoms with Gasteiger partial charge in [0.1, 0.15) is 17.1 Å². The average Bonchev–Trinajstić information content (AvgIpc) is 3.25. The molecule has 2 heterocycles. The Labute approximate surface area is 182 Å². The van der Waals surface area contributed by atoms with Gasteiger partial charge in [0.15, 0.2) is 0 Å².